The van der Waals surface area contributed by atoms with E-state index in [1.54, 1.807) is 6.92 Å². The van der Waals surface area contributed by atoms with Crippen LogP contribution in [-0.4, -0.2) is 19.2 Å². The van der Waals surface area contributed by atoms with Crippen molar-refractivity contribution in [1.82, 2.24) is 0 Å². The number of ether oxygens (including phenoxy) is 2. The van der Waals surface area contributed by atoms with Gasteiger partial charge in [0.25, 0.3) is 0 Å². The van der Waals surface area contributed by atoms with E-state index in [-0.39, 0.29) is 35.1 Å². The number of carboxylic acids is 1. The van der Waals surface area contributed by atoms with Crippen LogP contribution in [0.3, 0.4) is 0 Å². The zero-order valence-electron chi connectivity index (χ0n) is 15.4. The number of rotatable bonds is 7. The number of carboxylic acid groups (broad SMARTS) is 1. The third-order valence-corrected chi connectivity index (χ3v) is 5.36. The van der Waals surface area contributed by atoms with Crippen molar-refractivity contribution < 1.29 is 28.2 Å². The first-order chi connectivity index (χ1) is 13.3. The maximum absolute atomic E-state index is 12.7. The molecule has 0 spiro atoms. The molecule has 0 radical (unpaired) electrons. The fourth-order valence-corrected chi connectivity index (χ4v) is 3.57. The molecule has 0 saturated heterocycles. The van der Waals surface area contributed by atoms with Crippen molar-refractivity contribution in [3.8, 4) is 17.6 Å². The Hall–Kier alpha value is -2.82. The smallest absolute Gasteiger partial charge is 0.387 e. The van der Waals surface area contributed by atoms with Gasteiger partial charge < -0.3 is 25.1 Å². The Labute approximate surface area is 161 Å². The molecule has 2 unspecified atom stereocenters. The molecular weight excluding hydrogens is 370 g/mol. The van der Waals surface area contributed by atoms with E-state index in [0.29, 0.717) is 24.5 Å². The van der Waals surface area contributed by atoms with E-state index < -0.39 is 18.0 Å². The summed E-state index contributed by atoms with van der Waals surface area (Å²) in [5, 5.41) is 21.4. The number of nitrogens with two attached hydrogens (primary N) is 1. The molecule has 8 heteroatoms. The van der Waals surface area contributed by atoms with Gasteiger partial charge in [0.15, 0.2) is 11.5 Å². The van der Waals surface area contributed by atoms with E-state index >= 15 is 0 Å². The molecule has 2 N–H and O–H groups in total. The average molecular weight is 391 g/mol. The fourth-order valence-electron chi connectivity index (χ4n) is 3.57. The van der Waals surface area contributed by atoms with Gasteiger partial charge in [-0.2, -0.15) is 14.0 Å². The number of nitriles is 1. The first kappa shape index (κ1) is 19.9. The van der Waals surface area contributed by atoms with Crippen LogP contribution >= 0.6 is 0 Å². The monoisotopic (exact) mass is 391 g/mol. The Morgan fingerprint density at radius 2 is 2.14 bits per heavy atom. The molecule has 2 aliphatic rings. The summed E-state index contributed by atoms with van der Waals surface area (Å²) in [6.07, 6.45) is 2.20. The van der Waals surface area contributed by atoms with Gasteiger partial charge in [-0.05, 0) is 60.8 Å². The SMILES string of the molecule is CC1CC(C#N)(c2ccc(OC(F)F)c(OCC3CC3)c2)CC(C(=O)[O-])=C1N. The highest BCUT2D eigenvalue weighted by atomic mass is 19.3. The molecule has 0 aliphatic heterocycles. The Morgan fingerprint density at radius 1 is 1.43 bits per heavy atom. The van der Waals surface area contributed by atoms with Gasteiger partial charge in [-0.15, -0.1) is 0 Å². The van der Waals surface area contributed by atoms with Gasteiger partial charge >= 0.3 is 6.61 Å². The second-order valence-electron chi connectivity index (χ2n) is 7.49. The standard InChI is InChI=1S/C20H22F2N2O4/c1-11-7-20(10-23,8-14(17(11)24)18(25)26)13-4-5-15(28-19(21)22)16(6-13)27-9-12-2-3-12/h4-6,11-12,19H,2-3,7-9,24H2,1H3,(H,25,26)/p-1. The number of benzene rings is 1. The molecule has 0 aromatic heterocycles. The Balaban J connectivity index is 1.99. The molecule has 1 saturated carbocycles. The number of aliphatic carboxylic acids is 1. The second kappa shape index (κ2) is 7.66. The summed E-state index contributed by atoms with van der Waals surface area (Å²) >= 11 is 0. The zero-order chi connectivity index (χ0) is 20.5. The topological polar surface area (TPSA) is 108 Å². The van der Waals surface area contributed by atoms with Crippen LogP contribution in [0, 0.1) is 23.2 Å². The van der Waals surface area contributed by atoms with Gasteiger partial charge in [0.1, 0.15) is 0 Å². The molecule has 2 aliphatic carbocycles. The molecule has 0 heterocycles. The quantitative estimate of drug-likeness (QED) is 0.764. The first-order valence-electron chi connectivity index (χ1n) is 9.09. The summed E-state index contributed by atoms with van der Waals surface area (Å²) in [4.78, 5) is 11.5. The molecule has 150 valence electrons. The molecule has 3 rings (SSSR count). The number of hydrogen-bond donors (Lipinski definition) is 1. The number of halogens is 2. The van der Waals surface area contributed by atoms with Gasteiger partial charge in [-0.1, -0.05) is 13.0 Å². The van der Waals surface area contributed by atoms with Gasteiger partial charge in [0, 0.05) is 5.70 Å². The predicted molar refractivity (Wildman–Crippen MR) is 93.2 cm³/mol. The highest BCUT2D eigenvalue weighted by Crippen LogP contribution is 2.45. The van der Waals surface area contributed by atoms with Crippen molar-refractivity contribution in [2.45, 2.75) is 44.6 Å². The minimum absolute atomic E-state index is 0.103. The predicted octanol–water partition coefficient (Wildman–Crippen LogP) is 2.23. The van der Waals surface area contributed by atoms with Crippen molar-refractivity contribution >= 4 is 5.97 Å². The molecule has 2 atom stereocenters. The van der Waals surface area contributed by atoms with Crippen LogP contribution in [0.2, 0.25) is 0 Å². The first-order valence-corrected chi connectivity index (χ1v) is 9.09. The van der Waals surface area contributed by atoms with Crippen molar-refractivity contribution in [3.05, 3.63) is 35.0 Å². The number of carbonyl (C=O) groups excluding carboxylic acids is 1. The maximum Gasteiger partial charge on any atom is 0.387 e. The largest absolute Gasteiger partial charge is 0.545 e. The van der Waals surface area contributed by atoms with Crippen LogP contribution in [0.25, 0.3) is 0 Å². The van der Waals surface area contributed by atoms with Crippen molar-refractivity contribution in [2.75, 3.05) is 6.61 Å². The lowest BCUT2D eigenvalue weighted by Gasteiger charge is -2.37. The van der Waals surface area contributed by atoms with E-state index in [1.165, 1.54) is 18.2 Å². The summed E-state index contributed by atoms with van der Waals surface area (Å²) in [5.74, 6) is -1.38. The maximum atomic E-state index is 12.7. The van der Waals surface area contributed by atoms with E-state index in [1.807, 2.05) is 0 Å². The van der Waals surface area contributed by atoms with E-state index in [2.05, 4.69) is 10.8 Å². The number of alkyl halides is 2. The number of carbonyl (C=O) groups is 1. The zero-order valence-corrected chi connectivity index (χ0v) is 15.4. The fraction of sp³-hybridized carbons (Fsp3) is 0.500. The number of allylic oxidation sites excluding steroid dienone is 1. The summed E-state index contributed by atoms with van der Waals surface area (Å²) in [6.45, 7) is -0.903. The summed E-state index contributed by atoms with van der Waals surface area (Å²) < 4.78 is 35.6. The summed E-state index contributed by atoms with van der Waals surface area (Å²) in [7, 11) is 0. The number of hydrogen-bond acceptors (Lipinski definition) is 6. The second-order valence-corrected chi connectivity index (χ2v) is 7.49. The highest BCUT2D eigenvalue weighted by molar-refractivity contribution is 5.86. The molecule has 6 nitrogen and oxygen atoms in total. The van der Waals surface area contributed by atoms with E-state index in [9.17, 15) is 23.9 Å². The lowest BCUT2D eigenvalue weighted by atomic mass is 9.66. The molecule has 1 fully saturated rings. The van der Waals surface area contributed by atoms with Gasteiger partial charge in [0.2, 0.25) is 0 Å². The van der Waals surface area contributed by atoms with Gasteiger partial charge in [-0.3, -0.25) is 0 Å². The number of nitrogens with zero attached hydrogens (tertiary/aromatic N) is 1. The van der Waals surface area contributed by atoms with Crippen LogP contribution in [0.5, 0.6) is 11.5 Å². The van der Waals surface area contributed by atoms with Crippen LogP contribution in [0.4, 0.5) is 8.78 Å². The normalized spacial score (nSPS) is 24.8. The molecule has 0 bridgehead atoms. The van der Waals surface area contributed by atoms with Crippen LogP contribution in [0.1, 0.15) is 38.2 Å². The van der Waals surface area contributed by atoms with Crippen molar-refractivity contribution in [1.29, 1.82) is 5.26 Å². The van der Waals surface area contributed by atoms with Crippen molar-refractivity contribution in [3.63, 3.8) is 0 Å². The lowest BCUT2D eigenvalue weighted by Crippen LogP contribution is -2.40. The Bertz CT molecular complexity index is 845. The van der Waals surface area contributed by atoms with Crippen LogP contribution in [0.15, 0.2) is 29.5 Å². The average Bonchev–Trinajstić information content (AvgIpc) is 3.47. The molecule has 0 amide bonds. The summed E-state index contributed by atoms with van der Waals surface area (Å²) in [5.41, 5.74) is 5.29. The third-order valence-electron chi connectivity index (χ3n) is 5.36. The van der Waals surface area contributed by atoms with Crippen molar-refractivity contribution in [2.24, 2.45) is 17.6 Å². The lowest BCUT2D eigenvalue weighted by molar-refractivity contribution is -0.299. The van der Waals surface area contributed by atoms with E-state index in [0.717, 1.165) is 12.8 Å². The van der Waals surface area contributed by atoms with E-state index in [4.69, 9.17) is 10.5 Å². The van der Waals surface area contributed by atoms with Crippen LogP contribution < -0.4 is 20.3 Å². The molecular formula is C20H21F2N2O4-. The Morgan fingerprint density at radius 3 is 2.71 bits per heavy atom. The minimum Gasteiger partial charge on any atom is -0.545 e. The molecule has 1 aromatic carbocycles. The highest BCUT2D eigenvalue weighted by Gasteiger charge is 2.41. The molecule has 28 heavy (non-hydrogen) atoms. The third kappa shape index (κ3) is 4.03. The summed E-state index contributed by atoms with van der Waals surface area (Å²) in [6, 6.07) is 6.52. The Kier molecular flexibility index (Phi) is 5.45. The van der Waals surface area contributed by atoms with Crippen LogP contribution in [-0.2, 0) is 10.2 Å². The minimum atomic E-state index is -3.01. The molecule has 1 aromatic rings. The van der Waals surface area contributed by atoms with Gasteiger partial charge in [0.05, 0.1) is 24.1 Å². The van der Waals surface area contributed by atoms with Gasteiger partial charge in [-0.25, -0.2) is 0 Å².